The first-order valence-electron chi connectivity index (χ1n) is 7.85. The second-order valence-corrected chi connectivity index (χ2v) is 7.38. The molecule has 10 heteroatoms. The van der Waals surface area contributed by atoms with E-state index >= 15 is 0 Å². The van der Waals surface area contributed by atoms with Gasteiger partial charge in [0, 0.05) is 37.8 Å². The van der Waals surface area contributed by atoms with E-state index in [1.165, 1.54) is 42.3 Å². The monoisotopic (exact) mass is 378 g/mol. The van der Waals surface area contributed by atoms with Crippen LogP contribution in [-0.4, -0.2) is 54.8 Å². The van der Waals surface area contributed by atoms with E-state index in [1.54, 1.807) is 6.07 Å². The Morgan fingerprint density at radius 3 is 2.69 bits per heavy atom. The molecule has 1 aliphatic heterocycles. The number of hydrogen-bond acceptors (Lipinski definition) is 7. The first-order valence-corrected chi connectivity index (χ1v) is 9.29. The average molecular weight is 378 g/mol. The summed E-state index contributed by atoms with van der Waals surface area (Å²) in [6, 6.07) is 4.73. The molecule has 0 aliphatic carbocycles. The molecule has 0 atom stereocenters. The van der Waals surface area contributed by atoms with Gasteiger partial charge >= 0.3 is 0 Å². The zero-order chi connectivity index (χ0) is 18.6. The normalized spacial score (nSPS) is 15.3. The molecule has 2 N–H and O–H groups in total. The summed E-state index contributed by atoms with van der Waals surface area (Å²) >= 11 is 0. The third-order valence-electron chi connectivity index (χ3n) is 3.86. The molecule has 1 amide bonds. The maximum Gasteiger partial charge on any atom is 0.269 e. The van der Waals surface area contributed by atoms with E-state index < -0.39 is 15.9 Å². The van der Waals surface area contributed by atoms with Crippen LogP contribution in [-0.2, 0) is 19.6 Å². The fraction of sp³-hybridized carbons (Fsp3) is 0.250. The van der Waals surface area contributed by atoms with Crippen LogP contribution in [0.25, 0.3) is 6.08 Å². The quantitative estimate of drug-likeness (QED) is 0.442. The van der Waals surface area contributed by atoms with Crippen LogP contribution in [0.4, 0.5) is 5.82 Å². The van der Waals surface area contributed by atoms with E-state index in [9.17, 15) is 13.2 Å². The topological polar surface area (TPSA) is 114 Å². The molecule has 0 bridgehead atoms. The van der Waals surface area contributed by atoms with Gasteiger partial charge < -0.3 is 9.64 Å². The number of pyridine rings is 1. The summed E-state index contributed by atoms with van der Waals surface area (Å²) < 4.78 is 31.7. The number of ether oxygens (including phenoxy) is 1. The molecular weight excluding hydrogens is 360 g/mol. The van der Waals surface area contributed by atoms with E-state index in [4.69, 9.17) is 9.94 Å². The first kappa shape index (κ1) is 18.1. The van der Waals surface area contributed by atoms with Crippen molar-refractivity contribution in [1.29, 1.82) is 0 Å². The second kappa shape index (κ2) is 7.68. The average Bonchev–Trinajstić information content (AvgIpc) is 3.17. The number of anilines is 1. The fourth-order valence-electron chi connectivity index (χ4n) is 2.48. The molecule has 9 nitrogen and oxygen atoms in total. The largest absolute Gasteiger partial charge is 0.378 e. The van der Waals surface area contributed by atoms with E-state index in [2.05, 4.69) is 4.98 Å². The van der Waals surface area contributed by atoms with Crippen LogP contribution in [0, 0.1) is 0 Å². The molecule has 26 heavy (non-hydrogen) atoms. The Labute approximate surface area is 150 Å². The van der Waals surface area contributed by atoms with Crippen LogP contribution in [0.1, 0.15) is 5.56 Å². The Morgan fingerprint density at radius 2 is 2.04 bits per heavy atom. The van der Waals surface area contributed by atoms with Gasteiger partial charge in [-0.2, -0.15) is 0 Å². The van der Waals surface area contributed by atoms with Crippen LogP contribution in [0.5, 0.6) is 0 Å². The minimum absolute atomic E-state index is 0.0636. The van der Waals surface area contributed by atoms with Crippen molar-refractivity contribution in [3.05, 3.63) is 48.4 Å². The Hall–Kier alpha value is -2.69. The molecule has 0 radical (unpaired) electrons. The minimum Gasteiger partial charge on any atom is -0.378 e. The fourth-order valence-corrected chi connectivity index (χ4v) is 3.63. The molecule has 1 aliphatic rings. The standard InChI is InChI=1S/C16H18N4O5S/c21-16(18-22)4-1-13-5-6-20(12-13)26(23,24)14-2-3-15(17-11-14)19-7-9-25-10-8-19/h1-6,11-12,22H,7-10H2,(H,18,21)/b4-1+. The van der Waals surface area contributed by atoms with Crippen LogP contribution in [0.2, 0.25) is 0 Å². The van der Waals surface area contributed by atoms with Crippen LogP contribution < -0.4 is 10.4 Å². The number of hydroxylamine groups is 1. The number of carbonyl (C=O) groups is 1. The molecule has 1 fully saturated rings. The third-order valence-corrected chi connectivity index (χ3v) is 5.48. The summed E-state index contributed by atoms with van der Waals surface area (Å²) in [6.07, 6.45) is 6.55. The first-order chi connectivity index (χ1) is 12.5. The van der Waals surface area contributed by atoms with Gasteiger partial charge in [0.05, 0.1) is 13.2 Å². The molecule has 2 aromatic rings. The number of aromatic nitrogens is 2. The summed E-state index contributed by atoms with van der Waals surface area (Å²) in [4.78, 5) is 17.3. The zero-order valence-corrected chi connectivity index (χ0v) is 14.6. The van der Waals surface area contributed by atoms with Crippen molar-refractivity contribution in [3.63, 3.8) is 0 Å². The lowest BCUT2D eigenvalue weighted by Gasteiger charge is -2.27. The van der Waals surface area contributed by atoms with E-state index in [1.807, 2.05) is 4.90 Å². The summed E-state index contributed by atoms with van der Waals surface area (Å²) in [5.74, 6) is 0.00176. The maximum atomic E-state index is 12.7. The van der Waals surface area contributed by atoms with Gasteiger partial charge in [-0.25, -0.2) is 22.9 Å². The van der Waals surface area contributed by atoms with E-state index in [-0.39, 0.29) is 4.90 Å². The number of morpholine rings is 1. The number of hydrogen-bond donors (Lipinski definition) is 2. The van der Waals surface area contributed by atoms with Gasteiger partial charge in [0.2, 0.25) is 0 Å². The van der Waals surface area contributed by atoms with Gasteiger partial charge in [-0.05, 0) is 29.8 Å². The molecule has 0 aromatic carbocycles. The summed E-state index contributed by atoms with van der Waals surface area (Å²) in [5.41, 5.74) is 1.95. The highest BCUT2D eigenvalue weighted by Gasteiger charge is 2.18. The van der Waals surface area contributed by atoms with Crippen molar-refractivity contribution in [1.82, 2.24) is 14.4 Å². The van der Waals surface area contributed by atoms with Crippen molar-refractivity contribution >= 4 is 27.8 Å². The molecule has 138 valence electrons. The lowest BCUT2D eigenvalue weighted by Crippen LogP contribution is -2.36. The number of carbonyl (C=O) groups excluding carboxylic acids is 1. The summed E-state index contributed by atoms with van der Waals surface area (Å²) in [5, 5.41) is 8.44. The van der Waals surface area contributed by atoms with Crippen molar-refractivity contribution < 1.29 is 23.2 Å². The van der Waals surface area contributed by atoms with Gasteiger partial charge in [-0.1, -0.05) is 0 Å². The summed E-state index contributed by atoms with van der Waals surface area (Å²) in [7, 11) is -3.78. The number of rotatable bonds is 5. The molecular formula is C16H18N4O5S. The minimum atomic E-state index is -3.78. The maximum absolute atomic E-state index is 12.7. The zero-order valence-electron chi connectivity index (χ0n) is 13.8. The molecule has 2 aromatic heterocycles. The number of nitrogens with one attached hydrogen (secondary N) is 1. The van der Waals surface area contributed by atoms with Gasteiger partial charge in [-0.15, -0.1) is 0 Å². The van der Waals surface area contributed by atoms with Crippen molar-refractivity contribution in [2.24, 2.45) is 0 Å². The predicted octanol–water partition coefficient (Wildman–Crippen LogP) is 0.475. The highest BCUT2D eigenvalue weighted by Crippen LogP contribution is 2.19. The Bertz CT molecular complexity index is 899. The van der Waals surface area contributed by atoms with E-state index in [0.717, 1.165) is 10.0 Å². The molecule has 3 rings (SSSR count). The summed E-state index contributed by atoms with van der Waals surface area (Å²) in [6.45, 7) is 2.67. The van der Waals surface area contributed by atoms with Crippen molar-refractivity contribution in [2.75, 3.05) is 31.2 Å². The highest BCUT2D eigenvalue weighted by molar-refractivity contribution is 7.90. The second-order valence-electron chi connectivity index (χ2n) is 5.54. The van der Waals surface area contributed by atoms with Gasteiger partial charge in [-0.3, -0.25) is 10.0 Å². The van der Waals surface area contributed by atoms with Gasteiger partial charge in [0.15, 0.2) is 0 Å². The lowest BCUT2D eigenvalue weighted by molar-refractivity contribution is -0.124. The molecule has 1 saturated heterocycles. The molecule has 0 spiro atoms. The van der Waals surface area contributed by atoms with E-state index in [0.29, 0.717) is 37.7 Å². The number of amides is 1. The Morgan fingerprint density at radius 1 is 1.27 bits per heavy atom. The smallest absolute Gasteiger partial charge is 0.269 e. The highest BCUT2D eigenvalue weighted by atomic mass is 32.2. The number of nitrogens with zero attached hydrogens (tertiary/aromatic N) is 3. The van der Waals surface area contributed by atoms with Crippen LogP contribution in [0.15, 0.2) is 47.8 Å². The van der Waals surface area contributed by atoms with Gasteiger partial charge in [0.25, 0.3) is 15.9 Å². The predicted molar refractivity (Wildman–Crippen MR) is 93.2 cm³/mol. The van der Waals surface area contributed by atoms with Crippen LogP contribution >= 0.6 is 0 Å². The molecule has 3 heterocycles. The third kappa shape index (κ3) is 3.93. The van der Waals surface area contributed by atoms with Gasteiger partial charge in [0.1, 0.15) is 10.7 Å². The molecule has 0 saturated carbocycles. The Balaban J connectivity index is 1.78. The SMILES string of the molecule is O=C(/C=C/c1ccn(S(=O)(=O)c2ccc(N3CCOCC3)nc2)c1)NO. The lowest BCUT2D eigenvalue weighted by atomic mass is 10.3. The van der Waals surface area contributed by atoms with Crippen LogP contribution in [0.3, 0.4) is 0 Å². The van der Waals surface area contributed by atoms with Crippen molar-refractivity contribution in [2.45, 2.75) is 4.90 Å². The Kier molecular flexibility index (Phi) is 5.35. The molecule has 0 unspecified atom stereocenters. The van der Waals surface area contributed by atoms with Crippen molar-refractivity contribution in [3.8, 4) is 0 Å².